The first-order valence-electron chi connectivity index (χ1n) is 5.69. The number of amides is 1. The topological polar surface area (TPSA) is 62.1 Å². The third-order valence-electron chi connectivity index (χ3n) is 2.63. The highest BCUT2D eigenvalue weighted by molar-refractivity contribution is 6.05. The fraction of sp³-hybridized carbons (Fsp3) is 0.0667. The number of nitrogens with zero attached hydrogens (tertiary/aromatic N) is 1. The maximum atomic E-state index is 12.1. The average Bonchev–Trinajstić information content (AvgIpc) is 2.47. The number of carbonyl (C=O) groups is 1. The predicted molar refractivity (Wildman–Crippen MR) is 72.1 cm³/mol. The van der Waals surface area contributed by atoms with Gasteiger partial charge in [-0.25, -0.2) is 0 Å². The molecule has 2 aromatic rings. The van der Waals surface area contributed by atoms with Crippen LogP contribution in [0, 0.1) is 11.3 Å². The lowest BCUT2D eigenvalue weighted by molar-refractivity contribution is 0.102. The molecule has 4 nitrogen and oxygen atoms in total. The fourth-order valence-electron chi connectivity index (χ4n) is 1.65. The van der Waals surface area contributed by atoms with Crippen molar-refractivity contribution in [3.8, 4) is 11.8 Å². The van der Waals surface area contributed by atoms with Gasteiger partial charge < -0.3 is 10.1 Å². The Hall–Kier alpha value is -2.80. The zero-order valence-electron chi connectivity index (χ0n) is 10.4. The molecule has 0 atom stereocenters. The molecule has 0 spiro atoms. The molecule has 2 aromatic carbocycles. The molecule has 0 aliphatic rings. The van der Waals surface area contributed by atoms with E-state index in [1.165, 1.54) is 0 Å². The van der Waals surface area contributed by atoms with Gasteiger partial charge >= 0.3 is 0 Å². The number of nitrogens with one attached hydrogen (secondary N) is 1. The lowest BCUT2D eigenvalue weighted by Gasteiger charge is -2.07. The number of rotatable bonds is 3. The van der Waals surface area contributed by atoms with Crippen LogP contribution in [0.4, 0.5) is 5.69 Å². The van der Waals surface area contributed by atoms with Gasteiger partial charge in [0.05, 0.1) is 18.4 Å². The van der Waals surface area contributed by atoms with Crippen LogP contribution in [-0.4, -0.2) is 13.0 Å². The molecule has 0 unspecified atom stereocenters. The Morgan fingerprint density at radius 1 is 1.21 bits per heavy atom. The largest absolute Gasteiger partial charge is 0.497 e. The lowest BCUT2D eigenvalue weighted by Crippen LogP contribution is -2.12. The average molecular weight is 252 g/mol. The number of para-hydroxylation sites is 1. The van der Waals surface area contributed by atoms with Gasteiger partial charge in [0.1, 0.15) is 11.8 Å². The second kappa shape index (κ2) is 5.69. The van der Waals surface area contributed by atoms with Gasteiger partial charge in [-0.15, -0.1) is 0 Å². The Kier molecular flexibility index (Phi) is 3.79. The van der Waals surface area contributed by atoms with Crippen LogP contribution in [0.1, 0.15) is 15.9 Å². The predicted octanol–water partition coefficient (Wildman–Crippen LogP) is 2.82. The number of carbonyl (C=O) groups excluding carboxylic acids is 1. The van der Waals surface area contributed by atoms with Gasteiger partial charge in [-0.05, 0) is 30.3 Å². The maximum absolute atomic E-state index is 12.1. The minimum absolute atomic E-state index is 0.276. The molecule has 4 heteroatoms. The smallest absolute Gasteiger partial charge is 0.255 e. The van der Waals surface area contributed by atoms with E-state index in [0.29, 0.717) is 22.6 Å². The van der Waals surface area contributed by atoms with E-state index in [1.807, 2.05) is 6.07 Å². The van der Waals surface area contributed by atoms with E-state index in [-0.39, 0.29) is 5.91 Å². The molecule has 0 radical (unpaired) electrons. The highest BCUT2D eigenvalue weighted by Gasteiger charge is 2.09. The number of anilines is 1. The first-order valence-corrected chi connectivity index (χ1v) is 5.69. The molecule has 94 valence electrons. The summed E-state index contributed by atoms with van der Waals surface area (Å²) in [4.78, 5) is 12.1. The van der Waals surface area contributed by atoms with Crippen LogP contribution in [0.2, 0.25) is 0 Å². The SMILES string of the molecule is COc1cccc(C(=O)Nc2ccccc2C#N)c1. The van der Waals surface area contributed by atoms with E-state index in [2.05, 4.69) is 5.32 Å². The molecule has 1 amide bonds. The van der Waals surface area contributed by atoms with Crippen LogP contribution >= 0.6 is 0 Å². The molecule has 1 N–H and O–H groups in total. The van der Waals surface area contributed by atoms with Gasteiger partial charge in [-0.1, -0.05) is 18.2 Å². The second-order valence-corrected chi connectivity index (χ2v) is 3.84. The van der Waals surface area contributed by atoms with Gasteiger partial charge in [0, 0.05) is 5.56 Å². The van der Waals surface area contributed by atoms with E-state index in [9.17, 15) is 4.79 Å². The van der Waals surface area contributed by atoms with Crippen molar-refractivity contribution in [2.45, 2.75) is 0 Å². The molecule has 0 aromatic heterocycles. The van der Waals surface area contributed by atoms with Gasteiger partial charge in [0.25, 0.3) is 5.91 Å². The summed E-state index contributed by atoms with van der Waals surface area (Å²) in [5.41, 5.74) is 1.41. The summed E-state index contributed by atoms with van der Waals surface area (Å²) in [5.74, 6) is 0.336. The molecule has 0 saturated heterocycles. The zero-order valence-corrected chi connectivity index (χ0v) is 10.4. The molecule has 0 fully saturated rings. The van der Waals surface area contributed by atoms with Crippen molar-refractivity contribution in [1.29, 1.82) is 5.26 Å². The number of hydrogen-bond acceptors (Lipinski definition) is 3. The summed E-state index contributed by atoms with van der Waals surface area (Å²) >= 11 is 0. The van der Waals surface area contributed by atoms with Crippen LogP contribution in [0.15, 0.2) is 48.5 Å². The van der Waals surface area contributed by atoms with E-state index in [4.69, 9.17) is 10.00 Å². The Labute approximate surface area is 111 Å². The molecule has 0 aliphatic heterocycles. The summed E-state index contributed by atoms with van der Waals surface area (Å²) in [5, 5.41) is 11.7. The van der Waals surface area contributed by atoms with Gasteiger partial charge in [-0.3, -0.25) is 4.79 Å². The molecular formula is C15H12N2O2. The van der Waals surface area contributed by atoms with Crippen LogP contribution in [-0.2, 0) is 0 Å². The van der Waals surface area contributed by atoms with Crippen molar-refractivity contribution >= 4 is 11.6 Å². The summed E-state index contributed by atoms with van der Waals surface area (Å²) in [6.45, 7) is 0. The Morgan fingerprint density at radius 2 is 2.00 bits per heavy atom. The molecule has 0 aliphatic carbocycles. The van der Waals surface area contributed by atoms with E-state index < -0.39 is 0 Å². The summed E-state index contributed by atoms with van der Waals surface area (Å²) in [6.07, 6.45) is 0. The number of hydrogen-bond donors (Lipinski definition) is 1. The lowest BCUT2D eigenvalue weighted by atomic mass is 10.1. The van der Waals surface area contributed by atoms with Crippen molar-refractivity contribution in [2.24, 2.45) is 0 Å². The summed E-state index contributed by atoms with van der Waals surface area (Å²) in [6, 6.07) is 15.7. The molecule has 2 rings (SSSR count). The first kappa shape index (κ1) is 12.7. The zero-order chi connectivity index (χ0) is 13.7. The van der Waals surface area contributed by atoms with Crippen molar-refractivity contribution in [1.82, 2.24) is 0 Å². The number of nitriles is 1. The van der Waals surface area contributed by atoms with Gasteiger partial charge in [-0.2, -0.15) is 5.26 Å². The van der Waals surface area contributed by atoms with Gasteiger partial charge in [0.15, 0.2) is 0 Å². The van der Waals surface area contributed by atoms with E-state index in [0.717, 1.165) is 0 Å². The number of benzene rings is 2. The van der Waals surface area contributed by atoms with Crippen LogP contribution in [0.25, 0.3) is 0 Å². The van der Waals surface area contributed by atoms with Crippen molar-refractivity contribution in [3.05, 3.63) is 59.7 Å². The normalized spacial score (nSPS) is 9.47. The molecule has 0 heterocycles. The Bertz CT molecular complexity index is 645. The quantitative estimate of drug-likeness (QED) is 0.913. The summed E-state index contributed by atoms with van der Waals surface area (Å²) < 4.78 is 5.07. The molecular weight excluding hydrogens is 240 g/mol. The molecule has 0 bridgehead atoms. The fourth-order valence-corrected chi connectivity index (χ4v) is 1.65. The van der Waals surface area contributed by atoms with Crippen molar-refractivity contribution in [3.63, 3.8) is 0 Å². The van der Waals surface area contributed by atoms with Crippen molar-refractivity contribution < 1.29 is 9.53 Å². The van der Waals surface area contributed by atoms with Crippen molar-refractivity contribution in [2.75, 3.05) is 12.4 Å². The first-order chi connectivity index (χ1) is 9.24. The Morgan fingerprint density at radius 3 is 2.74 bits per heavy atom. The van der Waals surface area contributed by atoms with Gasteiger partial charge in [0.2, 0.25) is 0 Å². The monoisotopic (exact) mass is 252 g/mol. The highest BCUT2D eigenvalue weighted by Crippen LogP contribution is 2.17. The third-order valence-corrected chi connectivity index (χ3v) is 2.63. The summed E-state index contributed by atoms with van der Waals surface area (Å²) in [7, 11) is 1.54. The Balaban J connectivity index is 2.23. The van der Waals surface area contributed by atoms with Crippen LogP contribution in [0.5, 0.6) is 5.75 Å². The maximum Gasteiger partial charge on any atom is 0.255 e. The minimum Gasteiger partial charge on any atom is -0.497 e. The van der Waals surface area contributed by atoms with E-state index >= 15 is 0 Å². The highest BCUT2D eigenvalue weighted by atomic mass is 16.5. The molecule has 0 saturated carbocycles. The van der Waals surface area contributed by atoms with Crippen LogP contribution in [0.3, 0.4) is 0 Å². The number of methoxy groups -OCH3 is 1. The standard InChI is InChI=1S/C15H12N2O2/c1-19-13-7-4-6-11(9-13)15(18)17-14-8-3-2-5-12(14)10-16/h2-9H,1H3,(H,17,18). The molecule has 19 heavy (non-hydrogen) atoms. The number of ether oxygens (including phenoxy) is 1. The third kappa shape index (κ3) is 2.90. The second-order valence-electron chi connectivity index (χ2n) is 3.84. The minimum atomic E-state index is -0.276. The van der Waals surface area contributed by atoms with E-state index in [1.54, 1.807) is 55.6 Å². The van der Waals surface area contributed by atoms with Crippen LogP contribution < -0.4 is 10.1 Å².